The highest BCUT2D eigenvalue weighted by molar-refractivity contribution is 5.79. The van der Waals surface area contributed by atoms with Crippen LogP contribution in [-0.2, 0) is 11.2 Å². The van der Waals surface area contributed by atoms with E-state index in [1.807, 2.05) is 6.92 Å². The molecule has 0 aromatic carbocycles. The van der Waals surface area contributed by atoms with Gasteiger partial charge in [0.05, 0.1) is 6.54 Å². The molecule has 0 bridgehead atoms. The fourth-order valence-corrected chi connectivity index (χ4v) is 1.30. The number of nitrogens with zero attached hydrogens (tertiary/aromatic N) is 2. The average molecular weight is 254 g/mol. The van der Waals surface area contributed by atoms with Gasteiger partial charge in [0.25, 0.3) is 0 Å². The summed E-state index contributed by atoms with van der Waals surface area (Å²) in [6.07, 6.45) is 0.351. The van der Waals surface area contributed by atoms with E-state index in [1.54, 1.807) is 6.07 Å². The van der Waals surface area contributed by atoms with Gasteiger partial charge in [0, 0.05) is 12.5 Å². The van der Waals surface area contributed by atoms with Gasteiger partial charge in [0.2, 0.25) is 5.91 Å². The number of aliphatic hydroxyl groups excluding tert-OH is 1. The largest absolute Gasteiger partial charge is 0.381 e. The Bertz CT molecular complexity index is 411. The summed E-state index contributed by atoms with van der Waals surface area (Å²) in [7, 11) is 0. The van der Waals surface area contributed by atoms with Crippen molar-refractivity contribution in [2.24, 2.45) is 11.6 Å². The van der Waals surface area contributed by atoms with Gasteiger partial charge in [-0.2, -0.15) is 0 Å². The second-order valence-electron chi connectivity index (χ2n) is 3.75. The summed E-state index contributed by atoms with van der Waals surface area (Å²) < 4.78 is 0. The predicted molar refractivity (Wildman–Crippen MR) is 67.5 cm³/mol. The van der Waals surface area contributed by atoms with Gasteiger partial charge in [-0.05, 0) is 6.42 Å². The van der Waals surface area contributed by atoms with E-state index in [1.165, 1.54) is 0 Å². The lowest BCUT2D eigenvalue weighted by Crippen LogP contribution is -2.34. The van der Waals surface area contributed by atoms with Crippen molar-refractivity contribution in [1.29, 1.82) is 0 Å². The van der Waals surface area contributed by atoms with E-state index in [-0.39, 0.29) is 6.54 Å². The van der Waals surface area contributed by atoms with E-state index < -0.39 is 12.0 Å². The highest BCUT2D eigenvalue weighted by Crippen LogP contribution is 2.11. The van der Waals surface area contributed by atoms with Gasteiger partial charge in [-0.15, -0.1) is 0 Å². The van der Waals surface area contributed by atoms with E-state index in [0.717, 1.165) is 6.42 Å². The molecule has 7 N–H and O–H groups in total. The van der Waals surface area contributed by atoms with Gasteiger partial charge in [-0.3, -0.25) is 4.79 Å². The zero-order valence-corrected chi connectivity index (χ0v) is 10.2. The number of hydrazine groups is 1. The molecule has 100 valence electrons. The Balaban J connectivity index is 2.74. The van der Waals surface area contributed by atoms with Crippen LogP contribution in [0.2, 0.25) is 0 Å². The van der Waals surface area contributed by atoms with Crippen molar-refractivity contribution < 1.29 is 9.90 Å². The molecular weight excluding hydrogens is 236 g/mol. The molecule has 8 heteroatoms. The fourth-order valence-electron chi connectivity index (χ4n) is 1.30. The topological polar surface area (TPSA) is 139 Å². The normalized spacial score (nSPS) is 11.9. The average Bonchev–Trinajstić information content (AvgIpc) is 2.35. The minimum Gasteiger partial charge on any atom is -0.381 e. The number of nitrogens with one attached hydrogen (secondary N) is 2. The molecule has 0 radical (unpaired) electrons. The smallest absolute Gasteiger partial charge is 0.248 e. The van der Waals surface area contributed by atoms with Crippen LogP contribution >= 0.6 is 0 Å². The number of nitrogens with two attached hydrogens (primary N) is 2. The molecule has 1 heterocycles. The summed E-state index contributed by atoms with van der Waals surface area (Å²) >= 11 is 0. The van der Waals surface area contributed by atoms with Crippen molar-refractivity contribution in [3.8, 4) is 0 Å². The van der Waals surface area contributed by atoms with Crippen LogP contribution in [0.5, 0.6) is 0 Å². The first kappa shape index (κ1) is 14.1. The van der Waals surface area contributed by atoms with Gasteiger partial charge >= 0.3 is 0 Å². The number of aryl methyl sites for hydroxylation is 1. The molecule has 0 aliphatic heterocycles. The number of aromatic nitrogens is 2. The van der Waals surface area contributed by atoms with E-state index in [2.05, 4.69) is 20.7 Å². The Hall–Kier alpha value is -1.93. The van der Waals surface area contributed by atoms with Crippen molar-refractivity contribution in [3.05, 3.63) is 11.9 Å². The highest BCUT2D eigenvalue weighted by atomic mass is 16.3. The van der Waals surface area contributed by atoms with E-state index in [9.17, 15) is 9.90 Å². The van der Waals surface area contributed by atoms with Crippen LogP contribution in [0, 0.1) is 0 Å². The second kappa shape index (κ2) is 6.72. The number of amides is 1. The lowest BCUT2D eigenvalue weighted by atomic mass is 10.3. The van der Waals surface area contributed by atoms with Crippen molar-refractivity contribution in [2.45, 2.75) is 25.9 Å². The van der Waals surface area contributed by atoms with Crippen molar-refractivity contribution in [2.75, 3.05) is 17.3 Å². The summed E-state index contributed by atoms with van der Waals surface area (Å²) in [5.41, 5.74) is 7.37. The van der Waals surface area contributed by atoms with Crippen LogP contribution in [0.1, 0.15) is 19.2 Å². The van der Waals surface area contributed by atoms with Crippen molar-refractivity contribution >= 4 is 17.5 Å². The number of carbonyl (C=O) groups excluding carboxylic acids is 1. The number of rotatable bonds is 7. The van der Waals surface area contributed by atoms with Crippen LogP contribution in [0.4, 0.5) is 11.6 Å². The van der Waals surface area contributed by atoms with Crippen molar-refractivity contribution in [3.63, 3.8) is 0 Å². The third-order valence-electron chi connectivity index (χ3n) is 2.20. The first-order valence-electron chi connectivity index (χ1n) is 5.62. The summed E-state index contributed by atoms with van der Waals surface area (Å²) in [6.45, 7) is 2.00. The molecule has 0 spiro atoms. The van der Waals surface area contributed by atoms with Gasteiger partial charge < -0.3 is 21.6 Å². The molecule has 18 heavy (non-hydrogen) atoms. The number of hydrogen-bond donors (Lipinski definition) is 5. The molecule has 0 aliphatic carbocycles. The molecule has 0 saturated carbocycles. The first-order chi connectivity index (χ1) is 8.56. The Morgan fingerprint density at radius 2 is 2.17 bits per heavy atom. The van der Waals surface area contributed by atoms with E-state index in [0.29, 0.717) is 23.9 Å². The predicted octanol–water partition coefficient (Wildman–Crippen LogP) is -1.03. The number of carbonyl (C=O) groups is 1. The van der Waals surface area contributed by atoms with E-state index >= 15 is 0 Å². The zero-order valence-electron chi connectivity index (χ0n) is 10.2. The van der Waals surface area contributed by atoms with Gasteiger partial charge in [-0.1, -0.05) is 6.92 Å². The lowest BCUT2D eigenvalue weighted by Gasteiger charge is -2.11. The minimum absolute atomic E-state index is 0.0120. The minimum atomic E-state index is -1.26. The maximum absolute atomic E-state index is 10.7. The standard InChI is InChI=1S/C10H18N6O2/c1-2-3-7-14-8(4-9(15-7)16-12)13-5-6(17)10(11)18/h4,6,17H,2-3,5,12H2,1H3,(H2,11,18)(H2,13,14,15,16). The van der Waals surface area contributed by atoms with Gasteiger partial charge in [-0.25, -0.2) is 15.8 Å². The molecule has 0 aliphatic rings. The van der Waals surface area contributed by atoms with Gasteiger partial charge in [0.15, 0.2) is 0 Å². The van der Waals surface area contributed by atoms with Crippen LogP contribution in [0.15, 0.2) is 6.07 Å². The molecular formula is C10H18N6O2. The summed E-state index contributed by atoms with van der Waals surface area (Å²) in [4.78, 5) is 19.1. The highest BCUT2D eigenvalue weighted by Gasteiger charge is 2.11. The van der Waals surface area contributed by atoms with E-state index in [4.69, 9.17) is 11.6 Å². The third-order valence-corrected chi connectivity index (χ3v) is 2.20. The van der Waals surface area contributed by atoms with Crippen molar-refractivity contribution in [1.82, 2.24) is 9.97 Å². The lowest BCUT2D eigenvalue weighted by molar-refractivity contribution is -0.125. The van der Waals surface area contributed by atoms with Crippen LogP contribution in [0.25, 0.3) is 0 Å². The molecule has 1 rings (SSSR count). The molecule has 1 atom stereocenters. The maximum Gasteiger partial charge on any atom is 0.248 e. The van der Waals surface area contributed by atoms with Gasteiger partial charge in [0.1, 0.15) is 23.6 Å². The summed E-state index contributed by atoms with van der Waals surface area (Å²) in [6, 6.07) is 1.58. The van der Waals surface area contributed by atoms with Crippen LogP contribution in [0.3, 0.4) is 0 Å². The molecule has 0 saturated heterocycles. The summed E-state index contributed by atoms with van der Waals surface area (Å²) in [5.74, 6) is 6.07. The number of anilines is 2. The molecule has 8 nitrogen and oxygen atoms in total. The third kappa shape index (κ3) is 4.15. The molecule has 0 fully saturated rings. The number of aliphatic hydroxyl groups is 1. The number of nitrogen functional groups attached to an aromatic ring is 1. The zero-order chi connectivity index (χ0) is 13.5. The summed E-state index contributed by atoms with van der Waals surface area (Å²) in [5, 5.41) is 12.1. The maximum atomic E-state index is 10.7. The monoisotopic (exact) mass is 254 g/mol. The number of hydrogen-bond acceptors (Lipinski definition) is 7. The fraction of sp³-hybridized carbons (Fsp3) is 0.500. The Kier molecular flexibility index (Phi) is 5.28. The molecule has 1 aromatic heterocycles. The second-order valence-corrected chi connectivity index (χ2v) is 3.75. The van der Waals surface area contributed by atoms with Crippen LogP contribution < -0.4 is 22.3 Å². The quantitative estimate of drug-likeness (QED) is 0.310. The molecule has 1 aromatic rings. The Morgan fingerprint density at radius 1 is 1.50 bits per heavy atom. The Labute approximate surface area is 105 Å². The van der Waals surface area contributed by atoms with Crippen LogP contribution in [-0.4, -0.2) is 33.6 Å². The number of primary amides is 1. The first-order valence-corrected chi connectivity index (χ1v) is 5.62. The molecule has 1 unspecified atom stereocenters. The SMILES string of the molecule is CCCc1nc(NN)cc(NCC(O)C(N)=O)n1. The molecule has 1 amide bonds. The Morgan fingerprint density at radius 3 is 2.72 bits per heavy atom.